The van der Waals surface area contributed by atoms with E-state index in [0.29, 0.717) is 6.54 Å². The van der Waals surface area contributed by atoms with Gasteiger partial charge in [0.25, 0.3) is 0 Å². The highest BCUT2D eigenvalue weighted by Crippen LogP contribution is 2.29. The van der Waals surface area contributed by atoms with Crippen LogP contribution < -0.4 is 25.6 Å². The number of hydrogen-bond acceptors (Lipinski definition) is 6. The first-order chi connectivity index (χ1) is 14.0. The summed E-state index contributed by atoms with van der Waals surface area (Å²) in [6.45, 7) is 7.77. The molecule has 1 atom stereocenters. The maximum absolute atomic E-state index is 12.2. The second kappa shape index (κ2) is 9.60. The molecular weight excluding hydrogens is 366 g/mol. The van der Waals surface area contributed by atoms with Crippen molar-refractivity contribution in [3.63, 3.8) is 0 Å². The Morgan fingerprint density at radius 3 is 2.52 bits per heavy atom. The highest BCUT2D eigenvalue weighted by molar-refractivity contribution is 5.81. The number of para-hydroxylation sites is 2. The van der Waals surface area contributed by atoms with Crippen molar-refractivity contribution in [2.45, 2.75) is 26.4 Å². The van der Waals surface area contributed by atoms with Gasteiger partial charge in [0.15, 0.2) is 0 Å². The van der Waals surface area contributed by atoms with Crippen LogP contribution in [0, 0.1) is 5.92 Å². The van der Waals surface area contributed by atoms with Crippen molar-refractivity contribution in [3.8, 4) is 5.75 Å². The molecule has 3 N–H and O–H groups in total. The summed E-state index contributed by atoms with van der Waals surface area (Å²) >= 11 is 0. The van der Waals surface area contributed by atoms with Crippen molar-refractivity contribution >= 4 is 17.4 Å². The monoisotopic (exact) mass is 397 g/mol. The largest absolute Gasteiger partial charge is 0.495 e. The third-order valence-electron chi connectivity index (χ3n) is 5.35. The molecule has 7 heteroatoms. The molecule has 1 aromatic heterocycles. The van der Waals surface area contributed by atoms with E-state index in [9.17, 15) is 4.79 Å². The minimum atomic E-state index is -0.500. The Balaban J connectivity index is 1.65. The Bertz CT molecular complexity index is 818. The second-order valence-corrected chi connectivity index (χ2v) is 7.62. The van der Waals surface area contributed by atoms with Gasteiger partial charge in [-0.3, -0.25) is 4.79 Å². The lowest BCUT2D eigenvalue weighted by molar-refractivity contribution is -0.123. The zero-order chi connectivity index (χ0) is 20.8. The molecule has 1 fully saturated rings. The van der Waals surface area contributed by atoms with Crippen molar-refractivity contribution < 1.29 is 9.53 Å². The highest BCUT2D eigenvalue weighted by atomic mass is 16.5. The minimum Gasteiger partial charge on any atom is -0.495 e. The van der Waals surface area contributed by atoms with Gasteiger partial charge in [-0.1, -0.05) is 32.0 Å². The van der Waals surface area contributed by atoms with Crippen LogP contribution in [0.2, 0.25) is 0 Å². The molecule has 0 unspecified atom stereocenters. The molecule has 0 spiro atoms. The van der Waals surface area contributed by atoms with Gasteiger partial charge in [0.2, 0.25) is 5.91 Å². The molecule has 0 bridgehead atoms. The number of pyridine rings is 1. The van der Waals surface area contributed by atoms with Gasteiger partial charge in [-0.15, -0.1) is 0 Å². The maximum atomic E-state index is 12.2. The van der Waals surface area contributed by atoms with E-state index in [-0.39, 0.29) is 11.8 Å². The molecule has 7 nitrogen and oxygen atoms in total. The number of amides is 1. The Hall–Kier alpha value is -2.80. The van der Waals surface area contributed by atoms with E-state index in [1.54, 1.807) is 13.3 Å². The molecule has 156 valence electrons. The molecule has 29 heavy (non-hydrogen) atoms. The van der Waals surface area contributed by atoms with E-state index >= 15 is 0 Å². The van der Waals surface area contributed by atoms with Gasteiger partial charge in [-0.2, -0.15) is 0 Å². The van der Waals surface area contributed by atoms with Crippen LogP contribution in [0.5, 0.6) is 5.75 Å². The number of aromatic nitrogens is 1. The average Bonchev–Trinajstić information content (AvgIpc) is 2.77. The van der Waals surface area contributed by atoms with E-state index in [1.807, 2.05) is 44.2 Å². The number of nitrogens with one attached hydrogen (secondary N) is 1. The number of carbonyl (C=O) groups excluding carboxylic acids is 1. The van der Waals surface area contributed by atoms with Crippen molar-refractivity contribution in [2.75, 3.05) is 43.1 Å². The maximum Gasteiger partial charge on any atom is 0.237 e. The highest BCUT2D eigenvalue weighted by Gasteiger charge is 2.23. The molecular formula is C22H31N5O2. The third-order valence-corrected chi connectivity index (χ3v) is 5.35. The van der Waals surface area contributed by atoms with Crippen LogP contribution in [0.3, 0.4) is 0 Å². The van der Waals surface area contributed by atoms with Gasteiger partial charge >= 0.3 is 0 Å². The lowest BCUT2D eigenvalue weighted by Gasteiger charge is -2.37. The van der Waals surface area contributed by atoms with Crippen LogP contribution >= 0.6 is 0 Å². The SMILES string of the molecule is COc1ccccc1N1CCN(c2ncccc2CNC(=O)[C@H](N)C(C)C)CC1. The van der Waals surface area contributed by atoms with Crippen LogP contribution in [-0.4, -0.2) is 50.2 Å². The van der Waals surface area contributed by atoms with Crippen LogP contribution in [0.1, 0.15) is 19.4 Å². The topological polar surface area (TPSA) is 83.7 Å². The Morgan fingerprint density at radius 2 is 1.83 bits per heavy atom. The molecule has 1 aliphatic rings. The quantitative estimate of drug-likeness (QED) is 0.744. The first-order valence-electron chi connectivity index (χ1n) is 10.1. The zero-order valence-corrected chi connectivity index (χ0v) is 17.5. The second-order valence-electron chi connectivity index (χ2n) is 7.62. The smallest absolute Gasteiger partial charge is 0.237 e. The van der Waals surface area contributed by atoms with Gasteiger partial charge in [-0.05, 0) is 24.1 Å². The van der Waals surface area contributed by atoms with Crippen molar-refractivity contribution in [1.82, 2.24) is 10.3 Å². The lowest BCUT2D eigenvalue weighted by Crippen LogP contribution is -2.47. The molecule has 2 heterocycles. The van der Waals surface area contributed by atoms with Crippen LogP contribution in [0.4, 0.5) is 11.5 Å². The molecule has 1 saturated heterocycles. The molecule has 2 aromatic rings. The van der Waals surface area contributed by atoms with Crippen molar-refractivity contribution in [2.24, 2.45) is 11.7 Å². The molecule has 1 amide bonds. The summed E-state index contributed by atoms with van der Waals surface area (Å²) in [6, 6.07) is 11.5. The molecule has 3 rings (SSSR count). The van der Waals surface area contributed by atoms with Gasteiger partial charge in [0.05, 0.1) is 18.8 Å². The number of anilines is 2. The fourth-order valence-electron chi connectivity index (χ4n) is 3.51. The van der Waals surface area contributed by atoms with Crippen LogP contribution in [0.25, 0.3) is 0 Å². The van der Waals surface area contributed by atoms with E-state index in [0.717, 1.165) is 49.0 Å². The minimum absolute atomic E-state index is 0.103. The standard InChI is InChI=1S/C22H31N5O2/c1-16(2)20(23)22(28)25-15-17-7-6-10-24-21(17)27-13-11-26(12-14-27)18-8-4-5-9-19(18)29-3/h4-10,16,20H,11-15,23H2,1-3H3,(H,25,28)/t20-/m1/s1. The lowest BCUT2D eigenvalue weighted by atomic mass is 10.0. The number of nitrogens with two attached hydrogens (primary N) is 1. The molecule has 0 aliphatic carbocycles. The summed E-state index contributed by atoms with van der Waals surface area (Å²) in [7, 11) is 1.70. The average molecular weight is 398 g/mol. The zero-order valence-electron chi connectivity index (χ0n) is 17.5. The van der Waals surface area contributed by atoms with Crippen LogP contribution in [0.15, 0.2) is 42.6 Å². The number of methoxy groups -OCH3 is 1. The number of hydrogen-bond donors (Lipinski definition) is 2. The fourth-order valence-corrected chi connectivity index (χ4v) is 3.51. The van der Waals surface area contributed by atoms with E-state index in [2.05, 4.69) is 26.2 Å². The third kappa shape index (κ3) is 4.98. The van der Waals surface area contributed by atoms with E-state index < -0.39 is 6.04 Å². The number of ether oxygens (including phenoxy) is 1. The number of rotatable bonds is 7. The van der Waals surface area contributed by atoms with Gasteiger partial charge in [-0.25, -0.2) is 4.98 Å². The summed E-state index contributed by atoms with van der Waals surface area (Å²) in [6.07, 6.45) is 1.80. The summed E-state index contributed by atoms with van der Waals surface area (Å²) < 4.78 is 5.50. The summed E-state index contributed by atoms with van der Waals surface area (Å²) in [5, 5.41) is 2.95. The van der Waals surface area contributed by atoms with Gasteiger partial charge in [0.1, 0.15) is 11.6 Å². The number of benzene rings is 1. The predicted molar refractivity (Wildman–Crippen MR) is 116 cm³/mol. The van der Waals surface area contributed by atoms with Crippen molar-refractivity contribution in [1.29, 1.82) is 0 Å². The predicted octanol–water partition coefficient (Wildman–Crippen LogP) is 2.02. The fraction of sp³-hybridized carbons (Fsp3) is 0.455. The molecule has 1 aliphatic heterocycles. The van der Waals surface area contributed by atoms with Crippen molar-refractivity contribution in [3.05, 3.63) is 48.2 Å². The molecule has 0 saturated carbocycles. The van der Waals surface area contributed by atoms with E-state index in [1.165, 1.54) is 0 Å². The number of nitrogens with zero attached hydrogens (tertiary/aromatic N) is 3. The Kier molecular flexibility index (Phi) is 6.93. The van der Waals surface area contributed by atoms with Crippen LogP contribution in [-0.2, 0) is 11.3 Å². The molecule has 1 aromatic carbocycles. The van der Waals surface area contributed by atoms with Gasteiger partial charge in [0, 0.05) is 44.5 Å². The number of piperazine rings is 1. The Labute approximate surface area is 172 Å². The summed E-state index contributed by atoms with van der Waals surface area (Å²) in [5.41, 5.74) is 8.06. The van der Waals surface area contributed by atoms with E-state index in [4.69, 9.17) is 10.5 Å². The summed E-state index contributed by atoms with van der Waals surface area (Å²) in [4.78, 5) is 21.4. The number of carbonyl (C=O) groups is 1. The normalized spacial score (nSPS) is 15.3. The summed E-state index contributed by atoms with van der Waals surface area (Å²) in [5.74, 6) is 1.79. The first-order valence-corrected chi connectivity index (χ1v) is 10.1. The van der Waals surface area contributed by atoms with Gasteiger partial charge < -0.3 is 25.6 Å². The Morgan fingerprint density at radius 1 is 1.14 bits per heavy atom. The molecule has 0 radical (unpaired) electrons. The first kappa shape index (κ1) is 20.9.